The Morgan fingerprint density at radius 3 is 2.62 bits per heavy atom. The summed E-state index contributed by atoms with van der Waals surface area (Å²) in [6, 6.07) is 18.3. The zero-order valence-electron chi connectivity index (χ0n) is 15.9. The van der Waals surface area contributed by atoms with E-state index in [0.717, 1.165) is 10.3 Å². The molecule has 29 heavy (non-hydrogen) atoms. The predicted octanol–water partition coefficient (Wildman–Crippen LogP) is 5.62. The van der Waals surface area contributed by atoms with Crippen LogP contribution in [0.3, 0.4) is 0 Å². The second kappa shape index (κ2) is 8.59. The molecule has 2 heterocycles. The summed E-state index contributed by atoms with van der Waals surface area (Å²) < 4.78 is 26.0. The molecule has 0 bridgehead atoms. The first-order chi connectivity index (χ1) is 14.2. The van der Waals surface area contributed by atoms with E-state index in [9.17, 15) is 9.18 Å². The summed E-state index contributed by atoms with van der Waals surface area (Å²) in [4.78, 5) is 15.8. The van der Waals surface area contributed by atoms with Gasteiger partial charge in [0.05, 0.1) is 24.3 Å². The number of hydrogen-bond acceptors (Lipinski definition) is 4. The standard InChI is InChI=1S/C23H20FNO3S/c1-27-15-18-21-19(24)10-5-11-20(21)29-22(18)23(26)25(14-17-9-6-12-28-17)13-16-7-3-2-4-8-16/h2-12H,13-15H2,1H3. The highest BCUT2D eigenvalue weighted by Gasteiger charge is 2.25. The Kier molecular flexibility index (Phi) is 5.74. The van der Waals surface area contributed by atoms with Crippen molar-refractivity contribution in [2.45, 2.75) is 19.7 Å². The smallest absolute Gasteiger partial charge is 0.265 e. The van der Waals surface area contributed by atoms with Crippen molar-refractivity contribution in [3.05, 3.63) is 94.5 Å². The van der Waals surface area contributed by atoms with Gasteiger partial charge in [-0.05, 0) is 29.8 Å². The van der Waals surface area contributed by atoms with Gasteiger partial charge in [-0.25, -0.2) is 4.39 Å². The van der Waals surface area contributed by atoms with Crippen LogP contribution in [0.15, 0.2) is 71.3 Å². The number of carbonyl (C=O) groups excluding carboxylic acids is 1. The predicted molar refractivity (Wildman–Crippen MR) is 111 cm³/mol. The highest BCUT2D eigenvalue weighted by atomic mass is 32.1. The molecule has 0 saturated carbocycles. The van der Waals surface area contributed by atoms with Crippen LogP contribution in [0, 0.1) is 5.82 Å². The number of thiophene rings is 1. The van der Waals surface area contributed by atoms with Crippen molar-refractivity contribution in [2.75, 3.05) is 7.11 Å². The van der Waals surface area contributed by atoms with Crippen LogP contribution in [-0.2, 0) is 24.4 Å². The molecule has 0 spiro atoms. The van der Waals surface area contributed by atoms with Crippen LogP contribution in [0.2, 0.25) is 0 Å². The summed E-state index contributed by atoms with van der Waals surface area (Å²) in [5.41, 5.74) is 1.60. The Hall–Kier alpha value is -2.96. The van der Waals surface area contributed by atoms with Gasteiger partial charge < -0.3 is 14.1 Å². The minimum absolute atomic E-state index is 0.169. The van der Waals surface area contributed by atoms with Gasteiger partial charge in [0, 0.05) is 29.3 Å². The summed E-state index contributed by atoms with van der Waals surface area (Å²) in [6.07, 6.45) is 1.59. The van der Waals surface area contributed by atoms with Gasteiger partial charge in [0.1, 0.15) is 11.6 Å². The number of carbonyl (C=O) groups is 1. The fourth-order valence-electron chi connectivity index (χ4n) is 3.36. The first-order valence-corrected chi connectivity index (χ1v) is 10.0. The number of nitrogens with zero attached hydrogens (tertiary/aromatic N) is 1. The van der Waals surface area contributed by atoms with E-state index in [1.54, 1.807) is 30.4 Å². The quantitative estimate of drug-likeness (QED) is 0.398. The van der Waals surface area contributed by atoms with E-state index in [2.05, 4.69) is 0 Å². The SMILES string of the molecule is COCc1c(C(=O)N(Cc2ccccc2)Cc2ccco2)sc2cccc(F)c12. The lowest BCUT2D eigenvalue weighted by atomic mass is 10.1. The van der Waals surface area contributed by atoms with Crippen molar-refractivity contribution in [1.82, 2.24) is 4.90 Å². The summed E-state index contributed by atoms with van der Waals surface area (Å²) in [5.74, 6) is 0.179. The maximum absolute atomic E-state index is 14.5. The number of methoxy groups -OCH3 is 1. The van der Waals surface area contributed by atoms with Gasteiger partial charge in [-0.3, -0.25) is 4.79 Å². The monoisotopic (exact) mass is 409 g/mol. The Morgan fingerprint density at radius 2 is 1.90 bits per heavy atom. The fraction of sp³-hybridized carbons (Fsp3) is 0.174. The van der Waals surface area contributed by atoms with Crippen molar-refractivity contribution < 1.29 is 18.3 Å². The highest BCUT2D eigenvalue weighted by Crippen LogP contribution is 2.35. The second-order valence-electron chi connectivity index (χ2n) is 6.68. The van der Waals surface area contributed by atoms with Gasteiger partial charge in [0.2, 0.25) is 0 Å². The minimum atomic E-state index is -0.342. The molecule has 0 aliphatic carbocycles. The van der Waals surface area contributed by atoms with Crippen LogP contribution in [0.25, 0.3) is 10.1 Å². The lowest BCUT2D eigenvalue weighted by Crippen LogP contribution is -2.30. The molecule has 0 unspecified atom stereocenters. The molecule has 0 saturated heterocycles. The molecule has 6 heteroatoms. The Bertz CT molecular complexity index is 1110. The molecule has 4 aromatic rings. The number of amides is 1. The van der Waals surface area contributed by atoms with E-state index in [-0.39, 0.29) is 18.3 Å². The van der Waals surface area contributed by atoms with Crippen LogP contribution in [0.5, 0.6) is 0 Å². The molecule has 4 rings (SSSR count). The third-order valence-corrected chi connectivity index (χ3v) is 5.86. The van der Waals surface area contributed by atoms with Gasteiger partial charge in [-0.15, -0.1) is 11.3 Å². The Balaban J connectivity index is 1.75. The lowest BCUT2D eigenvalue weighted by molar-refractivity contribution is 0.0718. The third-order valence-electron chi connectivity index (χ3n) is 4.68. The van der Waals surface area contributed by atoms with Crippen molar-refractivity contribution in [2.24, 2.45) is 0 Å². The Labute approximate surface area is 172 Å². The molecule has 0 aliphatic heterocycles. The van der Waals surface area contributed by atoms with E-state index in [1.807, 2.05) is 42.5 Å². The number of rotatable bonds is 7. The topological polar surface area (TPSA) is 42.7 Å². The van der Waals surface area contributed by atoms with Gasteiger partial charge in [0.25, 0.3) is 5.91 Å². The fourth-order valence-corrected chi connectivity index (χ4v) is 4.55. The molecular formula is C23H20FNO3S. The first kappa shape index (κ1) is 19.4. The number of hydrogen-bond donors (Lipinski definition) is 0. The number of fused-ring (bicyclic) bond motifs is 1. The zero-order chi connectivity index (χ0) is 20.2. The van der Waals surface area contributed by atoms with E-state index in [0.29, 0.717) is 34.7 Å². The second-order valence-corrected chi connectivity index (χ2v) is 7.73. The first-order valence-electron chi connectivity index (χ1n) is 9.21. The maximum Gasteiger partial charge on any atom is 0.265 e. The third kappa shape index (κ3) is 4.09. The van der Waals surface area contributed by atoms with Crippen molar-refractivity contribution in [3.63, 3.8) is 0 Å². The van der Waals surface area contributed by atoms with E-state index in [1.165, 1.54) is 17.4 Å². The molecule has 0 aliphatic rings. The number of ether oxygens (including phenoxy) is 1. The molecule has 2 aromatic heterocycles. The van der Waals surface area contributed by atoms with Crippen LogP contribution >= 0.6 is 11.3 Å². The minimum Gasteiger partial charge on any atom is -0.467 e. The molecule has 1 amide bonds. The average molecular weight is 409 g/mol. The lowest BCUT2D eigenvalue weighted by Gasteiger charge is -2.22. The summed E-state index contributed by atoms with van der Waals surface area (Å²) in [5, 5.41) is 0.459. The molecule has 4 nitrogen and oxygen atoms in total. The van der Waals surface area contributed by atoms with Gasteiger partial charge in [-0.2, -0.15) is 0 Å². The molecule has 0 atom stereocenters. The molecular weight excluding hydrogens is 389 g/mol. The average Bonchev–Trinajstić information content (AvgIpc) is 3.37. The van der Waals surface area contributed by atoms with E-state index >= 15 is 0 Å². The number of halogens is 1. The van der Waals surface area contributed by atoms with E-state index < -0.39 is 0 Å². The van der Waals surface area contributed by atoms with Crippen molar-refractivity contribution in [3.8, 4) is 0 Å². The van der Waals surface area contributed by atoms with Crippen molar-refractivity contribution in [1.29, 1.82) is 0 Å². The maximum atomic E-state index is 14.5. The highest BCUT2D eigenvalue weighted by molar-refractivity contribution is 7.21. The summed E-state index contributed by atoms with van der Waals surface area (Å²) in [6.45, 7) is 0.912. The zero-order valence-corrected chi connectivity index (χ0v) is 16.7. The summed E-state index contributed by atoms with van der Waals surface area (Å²) >= 11 is 1.30. The van der Waals surface area contributed by atoms with E-state index in [4.69, 9.17) is 9.15 Å². The van der Waals surface area contributed by atoms with Gasteiger partial charge in [0.15, 0.2) is 0 Å². The number of furan rings is 1. The largest absolute Gasteiger partial charge is 0.467 e. The normalized spacial score (nSPS) is 11.1. The van der Waals surface area contributed by atoms with Crippen LogP contribution < -0.4 is 0 Å². The Morgan fingerprint density at radius 1 is 1.07 bits per heavy atom. The van der Waals surface area contributed by atoms with Crippen LogP contribution in [-0.4, -0.2) is 17.9 Å². The van der Waals surface area contributed by atoms with Gasteiger partial charge in [-0.1, -0.05) is 36.4 Å². The van der Waals surface area contributed by atoms with Crippen LogP contribution in [0.1, 0.15) is 26.6 Å². The molecule has 2 aromatic carbocycles. The van der Waals surface area contributed by atoms with Crippen molar-refractivity contribution >= 4 is 27.3 Å². The van der Waals surface area contributed by atoms with Gasteiger partial charge >= 0.3 is 0 Å². The molecule has 0 fully saturated rings. The summed E-state index contributed by atoms with van der Waals surface area (Å²) in [7, 11) is 1.54. The molecule has 0 radical (unpaired) electrons. The molecule has 148 valence electrons. The molecule has 0 N–H and O–H groups in total. The number of benzene rings is 2. The van der Waals surface area contributed by atoms with Crippen LogP contribution in [0.4, 0.5) is 4.39 Å².